The Labute approximate surface area is 174 Å². The smallest absolute Gasteiger partial charge is 0.163 e. The molecule has 5 nitrogen and oxygen atoms in total. The van der Waals surface area contributed by atoms with E-state index in [1.165, 1.54) is 49.3 Å². The van der Waals surface area contributed by atoms with Crippen molar-refractivity contribution < 1.29 is 9.47 Å². The molecule has 0 bridgehead atoms. The van der Waals surface area contributed by atoms with Gasteiger partial charge in [-0.15, -0.1) is 0 Å². The maximum atomic E-state index is 6.14. The fourth-order valence-corrected chi connectivity index (χ4v) is 4.54. The van der Waals surface area contributed by atoms with Gasteiger partial charge in [-0.2, -0.15) is 0 Å². The zero-order valence-electron chi connectivity index (χ0n) is 18.4. The highest BCUT2D eigenvalue weighted by molar-refractivity contribution is 5.96. The van der Waals surface area contributed by atoms with E-state index in [2.05, 4.69) is 43.1 Å². The summed E-state index contributed by atoms with van der Waals surface area (Å²) < 4.78 is 11.8. The zero-order chi connectivity index (χ0) is 20.4. The van der Waals surface area contributed by atoms with E-state index in [0.29, 0.717) is 6.61 Å². The van der Waals surface area contributed by atoms with Crippen molar-refractivity contribution in [3.63, 3.8) is 0 Å². The second-order valence-electron chi connectivity index (χ2n) is 9.41. The van der Waals surface area contributed by atoms with Crippen molar-refractivity contribution in [3.05, 3.63) is 23.4 Å². The zero-order valence-corrected chi connectivity index (χ0v) is 18.4. The number of methoxy groups -OCH3 is 1. The topological polar surface area (TPSA) is 46.6 Å². The molecular formula is C24H35N3O2. The molecule has 0 unspecified atom stereocenters. The van der Waals surface area contributed by atoms with E-state index >= 15 is 0 Å². The lowest BCUT2D eigenvalue weighted by Gasteiger charge is -2.26. The molecule has 4 rings (SSSR count). The molecule has 0 spiro atoms. The first kappa shape index (κ1) is 20.3. The minimum atomic E-state index is -0.0113. The van der Waals surface area contributed by atoms with Gasteiger partial charge in [0.2, 0.25) is 0 Å². The summed E-state index contributed by atoms with van der Waals surface area (Å²) in [4.78, 5) is 7.51. The number of hydrogen-bond donors (Lipinski definition) is 1. The van der Waals surface area contributed by atoms with E-state index in [0.717, 1.165) is 48.2 Å². The van der Waals surface area contributed by atoms with E-state index in [-0.39, 0.29) is 5.54 Å². The van der Waals surface area contributed by atoms with Gasteiger partial charge in [0.15, 0.2) is 11.5 Å². The molecule has 158 valence electrons. The van der Waals surface area contributed by atoms with Crippen LogP contribution in [0.15, 0.2) is 12.1 Å². The number of likely N-dealkylation sites (tertiary alicyclic amines) is 1. The average molecular weight is 398 g/mol. The molecule has 2 aliphatic rings. The number of hydrogen-bond acceptors (Lipinski definition) is 5. The molecule has 1 aromatic carbocycles. The van der Waals surface area contributed by atoms with Crippen molar-refractivity contribution in [1.82, 2.24) is 9.88 Å². The van der Waals surface area contributed by atoms with Crippen LogP contribution in [-0.4, -0.2) is 48.8 Å². The van der Waals surface area contributed by atoms with Gasteiger partial charge in [0.1, 0.15) is 0 Å². The Morgan fingerprint density at radius 3 is 2.59 bits per heavy atom. The van der Waals surface area contributed by atoms with Crippen LogP contribution >= 0.6 is 0 Å². The number of pyridine rings is 1. The van der Waals surface area contributed by atoms with Crippen molar-refractivity contribution in [2.75, 3.05) is 38.7 Å². The van der Waals surface area contributed by atoms with Gasteiger partial charge in [-0.3, -0.25) is 4.98 Å². The first-order valence-corrected chi connectivity index (χ1v) is 11.1. The molecule has 1 N–H and O–H groups in total. The standard InChI is InChI=1S/C24H35N3O2/c1-24(2,3)26-23-17-9-7-10-19(17)25-20-16-22(21(28-4)15-18(20)23)29-14-8-13-27-11-5-6-12-27/h15-16H,5-14H2,1-4H3,(H,25,26). The summed E-state index contributed by atoms with van der Waals surface area (Å²) in [6.45, 7) is 10.9. The molecule has 0 saturated carbocycles. The molecule has 0 amide bonds. The van der Waals surface area contributed by atoms with Crippen molar-refractivity contribution in [2.24, 2.45) is 0 Å². The van der Waals surface area contributed by atoms with Gasteiger partial charge in [0.05, 0.1) is 19.2 Å². The monoisotopic (exact) mass is 397 g/mol. The molecule has 2 heterocycles. The Morgan fingerprint density at radius 1 is 1.07 bits per heavy atom. The lowest BCUT2D eigenvalue weighted by Crippen LogP contribution is -2.27. The molecule has 1 aliphatic carbocycles. The molecule has 0 radical (unpaired) electrons. The molecule has 1 fully saturated rings. The van der Waals surface area contributed by atoms with Crippen LogP contribution < -0.4 is 14.8 Å². The molecule has 5 heteroatoms. The third-order valence-corrected chi connectivity index (χ3v) is 5.87. The van der Waals surface area contributed by atoms with Crippen LogP contribution in [0.3, 0.4) is 0 Å². The van der Waals surface area contributed by atoms with E-state index in [1.54, 1.807) is 7.11 Å². The Hall–Kier alpha value is -2.01. The molecular weight excluding hydrogens is 362 g/mol. The third kappa shape index (κ3) is 4.61. The fourth-order valence-electron chi connectivity index (χ4n) is 4.54. The summed E-state index contributed by atoms with van der Waals surface area (Å²) in [6, 6.07) is 4.17. The van der Waals surface area contributed by atoms with Crippen LogP contribution in [0.2, 0.25) is 0 Å². The minimum Gasteiger partial charge on any atom is -0.493 e. The van der Waals surface area contributed by atoms with Gasteiger partial charge in [-0.05, 0) is 84.0 Å². The highest BCUT2D eigenvalue weighted by Gasteiger charge is 2.24. The first-order valence-electron chi connectivity index (χ1n) is 11.1. The largest absolute Gasteiger partial charge is 0.493 e. The second kappa shape index (κ2) is 8.39. The number of nitrogens with zero attached hydrogens (tertiary/aromatic N) is 2. The van der Waals surface area contributed by atoms with Crippen LogP contribution in [0.25, 0.3) is 10.9 Å². The Kier molecular flexibility index (Phi) is 5.86. The average Bonchev–Trinajstić information content (AvgIpc) is 3.35. The van der Waals surface area contributed by atoms with Crippen molar-refractivity contribution in [3.8, 4) is 11.5 Å². The molecule has 1 aliphatic heterocycles. The number of aryl methyl sites for hydroxylation is 1. The maximum absolute atomic E-state index is 6.14. The lowest BCUT2D eigenvalue weighted by atomic mass is 10.0. The van der Waals surface area contributed by atoms with Gasteiger partial charge >= 0.3 is 0 Å². The lowest BCUT2D eigenvalue weighted by molar-refractivity contribution is 0.254. The minimum absolute atomic E-state index is 0.0113. The quantitative estimate of drug-likeness (QED) is 0.680. The van der Waals surface area contributed by atoms with Crippen LogP contribution in [0.5, 0.6) is 11.5 Å². The summed E-state index contributed by atoms with van der Waals surface area (Å²) >= 11 is 0. The normalized spacial score (nSPS) is 17.0. The fraction of sp³-hybridized carbons (Fsp3) is 0.625. The second-order valence-corrected chi connectivity index (χ2v) is 9.41. The SMILES string of the molecule is COc1cc2c(NC(C)(C)C)c3c(nc2cc1OCCCN1CCCC1)CCC3. The summed E-state index contributed by atoms with van der Waals surface area (Å²) in [5, 5.41) is 4.86. The summed E-state index contributed by atoms with van der Waals surface area (Å²) in [7, 11) is 1.72. The van der Waals surface area contributed by atoms with Crippen LogP contribution in [0.4, 0.5) is 5.69 Å². The Bertz CT molecular complexity index is 867. The number of nitrogens with one attached hydrogen (secondary N) is 1. The molecule has 29 heavy (non-hydrogen) atoms. The Morgan fingerprint density at radius 2 is 1.86 bits per heavy atom. The van der Waals surface area contributed by atoms with Crippen molar-refractivity contribution in [1.29, 1.82) is 0 Å². The number of anilines is 1. The van der Waals surface area contributed by atoms with Gasteiger partial charge in [-0.1, -0.05) is 0 Å². The van der Waals surface area contributed by atoms with Gasteiger partial charge < -0.3 is 19.7 Å². The predicted octanol–water partition coefficient (Wildman–Crippen LogP) is 4.81. The number of benzene rings is 1. The molecule has 1 aromatic heterocycles. The van der Waals surface area contributed by atoms with Gasteiger partial charge in [-0.25, -0.2) is 0 Å². The third-order valence-electron chi connectivity index (χ3n) is 5.87. The van der Waals surface area contributed by atoms with E-state index in [4.69, 9.17) is 14.5 Å². The van der Waals surface area contributed by atoms with Crippen LogP contribution in [-0.2, 0) is 12.8 Å². The van der Waals surface area contributed by atoms with Crippen LogP contribution in [0.1, 0.15) is 57.7 Å². The number of fused-ring (bicyclic) bond motifs is 2. The Balaban J connectivity index is 1.60. The first-order chi connectivity index (χ1) is 13.9. The van der Waals surface area contributed by atoms with E-state index in [9.17, 15) is 0 Å². The van der Waals surface area contributed by atoms with E-state index < -0.39 is 0 Å². The maximum Gasteiger partial charge on any atom is 0.163 e. The van der Waals surface area contributed by atoms with Crippen molar-refractivity contribution in [2.45, 2.75) is 64.8 Å². The predicted molar refractivity (Wildman–Crippen MR) is 119 cm³/mol. The molecule has 1 saturated heterocycles. The van der Waals surface area contributed by atoms with Crippen molar-refractivity contribution >= 4 is 16.6 Å². The van der Waals surface area contributed by atoms with E-state index in [1.807, 2.05) is 0 Å². The number of ether oxygens (including phenoxy) is 2. The van der Waals surface area contributed by atoms with Gasteiger partial charge in [0, 0.05) is 34.9 Å². The number of rotatable bonds is 7. The highest BCUT2D eigenvalue weighted by Crippen LogP contribution is 2.40. The highest BCUT2D eigenvalue weighted by atomic mass is 16.5. The molecule has 0 atom stereocenters. The summed E-state index contributed by atoms with van der Waals surface area (Å²) in [5.74, 6) is 1.59. The number of aromatic nitrogens is 1. The van der Waals surface area contributed by atoms with Crippen LogP contribution in [0, 0.1) is 0 Å². The summed E-state index contributed by atoms with van der Waals surface area (Å²) in [6.07, 6.45) is 7.03. The van der Waals surface area contributed by atoms with Gasteiger partial charge in [0.25, 0.3) is 0 Å². The molecule has 2 aromatic rings. The summed E-state index contributed by atoms with van der Waals surface area (Å²) in [5.41, 5.74) is 4.80.